The zero-order valence-electron chi connectivity index (χ0n) is 7.66. The summed E-state index contributed by atoms with van der Waals surface area (Å²) in [6.07, 6.45) is 7.62. The van der Waals surface area contributed by atoms with Crippen LogP contribution in [0.5, 0.6) is 0 Å². The van der Waals surface area contributed by atoms with Gasteiger partial charge in [0.25, 0.3) is 0 Å². The van der Waals surface area contributed by atoms with E-state index >= 15 is 0 Å². The first kappa shape index (κ1) is 8.98. The predicted octanol–water partition coefficient (Wildman–Crippen LogP) is 2.64. The highest BCUT2D eigenvalue weighted by atomic mass is 14.9. The second-order valence-corrected chi connectivity index (χ2v) is 2.95. The number of rotatable bonds is 4. The molecular weight excluding hydrogens is 146 g/mol. The van der Waals surface area contributed by atoms with Crippen LogP contribution in [0.3, 0.4) is 0 Å². The third-order valence-electron chi connectivity index (χ3n) is 1.90. The van der Waals surface area contributed by atoms with E-state index in [9.17, 15) is 0 Å². The van der Waals surface area contributed by atoms with Crippen LogP contribution in [0.2, 0.25) is 0 Å². The minimum Gasteiger partial charge on any atom is -0.172 e. The molecule has 0 saturated carbocycles. The molecule has 0 aliphatic carbocycles. The van der Waals surface area contributed by atoms with Crippen molar-refractivity contribution in [2.75, 3.05) is 0 Å². The van der Waals surface area contributed by atoms with E-state index in [1.165, 1.54) is 18.5 Å². The second kappa shape index (κ2) is 4.70. The molecule has 1 aromatic heterocycles. The molecule has 0 radical (unpaired) electrons. The highest BCUT2D eigenvalue weighted by Gasteiger charge is 2.03. The summed E-state index contributed by atoms with van der Waals surface area (Å²) < 4.78 is 2.08. The van der Waals surface area contributed by atoms with Crippen LogP contribution in [0.4, 0.5) is 0 Å². The summed E-state index contributed by atoms with van der Waals surface area (Å²) in [7, 11) is 0. The monoisotopic (exact) mass is 162 g/mol. The Morgan fingerprint density at radius 1 is 1.25 bits per heavy atom. The van der Waals surface area contributed by atoms with E-state index in [2.05, 4.69) is 18.1 Å². The fourth-order valence-electron chi connectivity index (χ4n) is 1.12. The first-order valence-electron chi connectivity index (χ1n) is 4.49. The Hall–Kier alpha value is -1.11. The van der Waals surface area contributed by atoms with Crippen LogP contribution in [0.15, 0.2) is 37.2 Å². The number of unbranched alkanes of at least 4 members (excludes halogenated alkanes) is 1. The number of hydrogen-bond donors (Lipinski definition) is 0. The maximum atomic E-state index is 4.03. The van der Waals surface area contributed by atoms with Gasteiger partial charge >= 0.3 is 0 Å². The van der Waals surface area contributed by atoms with E-state index in [0.29, 0.717) is 0 Å². The van der Waals surface area contributed by atoms with Crippen LogP contribution in [0, 0.1) is 0 Å². The Labute approximate surface area is 74.4 Å². The molecule has 0 aliphatic rings. The van der Waals surface area contributed by atoms with Gasteiger partial charge in [0.2, 0.25) is 0 Å². The third kappa shape index (κ3) is 2.50. The molecule has 1 nitrogen and oxygen atoms in total. The van der Waals surface area contributed by atoms with Crippen LogP contribution >= 0.6 is 0 Å². The average molecular weight is 162 g/mol. The van der Waals surface area contributed by atoms with Crippen molar-refractivity contribution in [3.8, 4) is 0 Å². The van der Waals surface area contributed by atoms with E-state index in [-0.39, 0.29) is 0 Å². The smallest absolute Gasteiger partial charge is 0.172 e. The molecular formula is C11H16N+. The van der Waals surface area contributed by atoms with Crippen molar-refractivity contribution in [2.24, 2.45) is 0 Å². The molecule has 1 aromatic rings. The van der Waals surface area contributed by atoms with E-state index in [1.807, 2.05) is 30.6 Å². The quantitative estimate of drug-likeness (QED) is 0.599. The minimum atomic E-state index is 1.09. The molecule has 0 fully saturated rings. The first-order chi connectivity index (χ1) is 5.84. The Morgan fingerprint density at radius 3 is 2.50 bits per heavy atom. The molecule has 64 valence electrons. The lowest BCUT2D eigenvalue weighted by molar-refractivity contribution is -0.583. The van der Waals surface area contributed by atoms with Gasteiger partial charge in [-0.3, -0.25) is 0 Å². The van der Waals surface area contributed by atoms with Gasteiger partial charge in [0, 0.05) is 18.6 Å². The summed E-state index contributed by atoms with van der Waals surface area (Å²) in [4.78, 5) is 0. The normalized spacial score (nSPS) is 9.75. The summed E-state index contributed by atoms with van der Waals surface area (Å²) in [6.45, 7) is 6.22. The molecule has 0 atom stereocenters. The molecule has 0 aliphatic heterocycles. The van der Waals surface area contributed by atoms with E-state index < -0.39 is 0 Å². The largest absolute Gasteiger partial charge is 0.179 e. The Kier molecular flexibility index (Phi) is 3.52. The van der Waals surface area contributed by atoms with E-state index in [0.717, 1.165) is 6.42 Å². The zero-order valence-corrected chi connectivity index (χ0v) is 7.66. The van der Waals surface area contributed by atoms with Crippen molar-refractivity contribution in [3.05, 3.63) is 37.2 Å². The molecule has 0 N–H and O–H groups in total. The molecule has 0 unspecified atom stereocenters. The van der Waals surface area contributed by atoms with Crippen LogP contribution < -0.4 is 4.57 Å². The molecule has 0 bridgehead atoms. The Bertz CT molecular complexity index is 238. The van der Waals surface area contributed by atoms with Crippen LogP contribution in [-0.2, 0) is 0 Å². The zero-order chi connectivity index (χ0) is 8.81. The summed E-state index contributed by atoms with van der Waals surface area (Å²) >= 11 is 0. The SMILES string of the molecule is C=C(CCCC)[n+]1ccccc1. The Balaban J connectivity index is 2.54. The van der Waals surface area contributed by atoms with Gasteiger partial charge in [0.1, 0.15) is 0 Å². The summed E-state index contributed by atoms with van der Waals surface area (Å²) in [5.41, 5.74) is 1.18. The summed E-state index contributed by atoms with van der Waals surface area (Å²) in [5, 5.41) is 0. The summed E-state index contributed by atoms with van der Waals surface area (Å²) in [5.74, 6) is 0. The third-order valence-corrected chi connectivity index (χ3v) is 1.90. The van der Waals surface area contributed by atoms with Gasteiger partial charge in [-0.25, -0.2) is 0 Å². The molecule has 0 spiro atoms. The first-order valence-corrected chi connectivity index (χ1v) is 4.49. The highest BCUT2D eigenvalue weighted by molar-refractivity contribution is 5.26. The average Bonchev–Trinajstić information content (AvgIpc) is 2.15. The topological polar surface area (TPSA) is 3.88 Å². The maximum absolute atomic E-state index is 4.03. The van der Waals surface area contributed by atoms with Crippen molar-refractivity contribution in [3.63, 3.8) is 0 Å². The van der Waals surface area contributed by atoms with Crippen molar-refractivity contribution in [1.82, 2.24) is 0 Å². The maximum Gasteiger partial charge on any atom is 0.179 e. The van der Waals surface area contributed by atoms with Crippen molar-refractivity contribution in [2.45, 2.75) is 26.2 Å². The number of pyridine rings is 1. The number of nitrogens with zero attached hydrogens (tertiary/aromatic N) is 1. The molecule has 0 aromatic carbocycles. The van der Waals surface area contributed by atoms with E-state index in [4.69, 9.17) is 0 Å². The standard InChI is InChI=1S/C11H16N/c1-3-4-8-11(2)12-9-6-5-7-10-12/h5-7,9-10H,2-4,8H2,1H3/q+1. The lowest BCUT2D eigenvalue weighted by atomic mass is 10.2. The highest BCUT2D eigenvalue weighted by Crippen LogP contribution is 2.03. The second-order valence-electron chi connectivity index (χ2n) is 2.95. The van der Waals surface area contributed by atoms with Gasteiger partial charge < -0.3 is 0 Å². The van der Waals surface area contributed by atoms with Crippen molar-refractivity contribution in [1.29, 1.82) is 0 Å². The molecule has 1 heteroatoms. The van der Waals surface area contributed by atoms with Crippen LogP contribution in [0.25, 0.3) is 5.70 Å². The van der Waals surface area contributed by atoms with Gasteiger partial charge in [0.05, 0.1) is 0 Å². The van der Waals surface area contributed by atoms with E-state index in [1.54, 1.807) is 0 Å². The summed E-state index contributed by atoms with van der Waals surface area (Å²) in [6, 6.07) is 6.07. The van der Waals surface area contributed by atoms with Gasteiger partial charge in [-0.2, -0.15) is 4.57 Å². The predicted molar refractivity (Wildman–Crippen MR) is 51.5 cm³/mol. The van der Waals surface area contributed by atoms with Crippen molar-refractivity contribution >= 4 is 5.70 Å². The number of aromatic nitrogens is 1. The van der Waals surface area contributed by atoms with Crippen LogP contribution in [0.1, 0.15) is 26.2 Å². The molecule has 0 amide bonds. The lowest BCUT2D eigenvalue weighted by Gasteiger charge is -1.97. The van der Waals surface area contributed by atoms with Crippen LogP contribution in [-0.4, -0.2) is 0 Å². The molecule has 1 heterocycles. The van der Waals surface area contributed by atoms with Gasteiger partial charge in [-0.1, -0.05) is 19.4 Å². The lowest BCUT2D eigenvalue weighted by Crippen LogP contribution is -2.30. The minimum absolute atomic E-state index is 1.09. The molecule has 1 rings (SSSR count). The van der Waals surface area contributed by atoms with Gasteiger partial charge in [0.15, 0.2) is 18.1 Å². The fraction of sp³-hybridized carbons (Fsp3) is 0.364. The number of allylic oxidation sites excluding steroid dienone is 1. The van der Waals surface area contributed by atoms with Gasteiger partial charge in [-0.05, 0) is 13.0 Å². The Morgan fingerprint density at radius 2 is 1.92 bits per heavy atom. The molecule has 12 heavy (non-hydrogen) atoms. The van der Waals surface area contributed by atoms with Gasteiger partial charge in [-0.15, -0.1) is 0 Å². The fourth-order valence-corrected chi connectivity index (χ4v) is 1.12. The molecule has 0 saturated heterocycles. The number of hydrogen-bond acceptors (Lipinski definition) is 0. The van der Waals surface area contributed by atoms with Crippen molar-refractivity contribution < 1.29 is 4.57 Å².